The highest BCUT2D eigenvalue weighted by molar-refractivity contribution is 7.13. The predicted molar refractivity (Wildman–Crippen MR) is 90.9 cm³/mol. The van der Waals surface area contributed by atoms with Gasteiger partial charge >= 0.3 is 0 Å². The normalized spacial score (nSPS) is 10.8. The quantitative estimate of drug-likeness (QED) is 0.718. The smallest absolute Gasteiger partial charge is 0.271 e. The second-order valence-corrected chi connectivity index (χ2v) is 6.19. The molecule has 7 nitrogen and oxygen atoms in total. The van der Waals surface area contributed by atoms with E-state index >= 15 is 0 Å². The van der Waals surface area contributed by atoms with Crippen molar-refractivity contribution >= 4 is 17.2 Å². The number of aromatic amines is 1. The van der Waals surface area contributed by atoms with Gasteiger partial charge in [-0.15, -0.1) is 11.3 Å². The number of nitrogens with zero attached hydrogens (tertiary/aromatic N) is 3. The topological polar surface area (TPSA) is 92.8 Å². The van der Waals surface area contributed by atoms with Crippen LogP contribution in [0.25, 0.3) is 10.8 Å². The first kappa shape index (κ1) is 16.1. The highest BCUT2D eigenvalue weighted by atomic mass is 32.1. The van der Waals surface area contributed by atoms with E-state index in [1.165, 1.54) is 17.7 Å². The van der Waals surface area contributed by atoms with Crippen molar-refractivity contribution in [3.05, 3.63) is 47.2 Å². The summed E-state index contributed by atoms with van der Waals surface area (Å²) >= 11 is 1.34. The zero-order chi connectivity index (χ0) is 16.9. The van der Waals surface area contributed by atoms with Crippen LogP contribution >= 0.6 is 11.3 Å². The summed E-state index contributed by atoms with van der Waals surface area (Å²) in [4.78, 5) is 20.6. The van der Waals surface area contributed by atoms with Crippen LogP contribution in [0.5, 0.6) is 5.75 Å². The number of para-hydroxylation sites is 1. The molecular formula is C16H17N5O2S. The Hall–Kier alpha value is -2.74. The number of rotatable bonds is 6. The minimum absolute atomic E-state index is 0.0739. The molecule has 0 saturated heterocycles. The Balaban J connectivity index is 1.66. The minimum atomic E-state index is -0.239. The Kier molecular flexibility index (Phi) is 4.85. The van der Waals surface area contributed by atoms with Gasteiger partial charge in [0.1, 0.15) is 17.8 Å². The monoisotopic (exact) mass is 343 g/mol. The van der Waals surface area contributed by atoms with E-state index in [-0.39, 0.29) is 12.0 Å². The second-order valence-electron chi connectivity index (χ2n) is 5.33. The molecule has 0 aliphatic carbocycles. The maximum atomic E-state index is 12.3. The molecule has 3 aromatic rings. The average molecular weight is 343 g/mol. The second kappa shape index (κ2) is 7.22. The molecule has 24 heavy (non-hydrogen) atoms. The first-order valence-electron chi connectivity index (χ1n) is 7.47. The van der Waals surface area contributed by atoms with E-state index in [1.807, 2.05) is 38.1 Å². The Bertz CT molecular complexity index is 814. The molecular weight excluding hydrogens is 326 g/mol. The number of hydrogen-bond acceptors (Lipinski definition) is 6. The third-order valence-electron chi connectivity index (χ3n) is 3.13. The number of benzene rings is 1. The number of thiazole rings is 1. The lowest BCUT2D eigenvalue weighted by Crippen LogP contribution is -2.23. The zero-order valence-corrected chi connectivity index (χ0v) is 14.1. The van der Waals surface area contributed by atoms with Gasteiger partial charge in [-0.25, -0.2) is 9.97 Å². The molecule has 0 unspecified atom stereocenters. The highest BCUT2D eigenvalue weighted by Gasteiger charge is 2.14. The molecule has 124 valence electrons. The Morgan fingerprint density at radius 2 is 2.21 bits per heavy atom. The van der Waals surface area contributed by atoms with Gasteiger partial charge in [-0.2, -0.15) is 5.10 Å². The summed E-state index contributed by atoms with van der Waals surface area (Å²) in [6.45, 7) is 4.31. The van der Waals surface area contributed by atoms with Crippen molar-refractivity contribution in [1.29, 1.82) is 0 Å². The lowest BCUT2D eigenvalue weighted by molar-refractivity contribution is 0.0946. The molecule has 0 aliphatic heterocycles. The molecule has 2 aromatic heterocycles. The van der Waals surface area contributed by atoms with E-state index in [0.717, 1.165) is 11.3 Å². The maximum absolute atomic E-state index is 12.3. The number of hydrogen-bond donors (Lipinski definition) is 2. The minimum Gasteiger partial charge on any atom is -0.491 e. The lowest BCUT2D eigenvalue weighted by atomic mass is 10.2. The molecule has 0 spiro atoms. The van der Waals surface area contributed by atoms with Crippen LogP contribution in [0.15, 0.2) is 36.0 Å². The van der Waals surface area contributed by atoms with Crippen molar-refractivity contribution in [3.63, 3.8) is 0 Å². The van der Waals surface area contributed by atoms with Crippen LogP contribution in [0.1, 0.15) is 29.9 Å². The van der Waals surface area contributed by atoms with E-state index in [4.69, 9.17) is 4.74 Å². The molecule has 3 rings (SSSR count). The highest BCUT2D eigenvalue weighted by Crippen LogP contribution is 2.21. The number of carbonyl (C=O) groups is 1. The first-order chi connectivity index (χ1) is 11.6. The summed E-state index contributed by atoms with van der Waals surface area (Å²) in [6.07, 6.45) is 1.48. The number of carbonyl (C=O) groups excluding carboxylic acids is 1. The Morgan fingerprint density at radius 1 is 1.38 bits per heavy atom. The number of H-pyrrole nitrogens is 1. The first-order valence-corrected chi connectivity index (χ1v) is 8.35. The molecule has 1 aromatic carbocycles. The molecule has 0 radical (unpaired) electrons. The molecule has 0 saturated carbocycles. The largest absolute Gasteiger partial charge is 0.491 e. The van der Waals surface area contributed by atoms with Gasteiger partial charge in [0.25, 0.3) is 5.91 Å². The van der Waals surface area contributed by atoms with Crippen LogP contribution < -0.4 is 10.1 Å². The fourth-order valence-electron chi connectivity index (χ4n) is 2.08. The molecule has 1 amide bonds. The average Bonchev–Trinajstić information content (AvgIpc) is 3.24. The van der Waals surface area contributed by atoms with E-state index in [2.05, 4.69) is 25.5 Å². The molecule has 8 heteroatoms. The third kappa shape index (κ3) is 3.77. The molecule has 0 aliphatic rings. The van der Waals surface area contributed by atoms with Crippen LogP contribution in [-0.2, 0) is 6.54 Å². The summed E-state index contributed by atoms with van der Waals surface area (Å²) < 4.78 is 5.75. The van der Waals surface area contributed by atoms with E-state index in [9.17, 15) is 4.79 Å². The molecule has 0 atom stereocenters. The molecule has 2 N–H and O–H groups in total. The molecule has 2 heterocycles. The summed E-state index contributed by atoms with van der Waals surface area (Å²) in [5, 5.41) is 11.7. The van der Waals surface area contributed by atoms with Crippen LogP contribution in [0, 0.1) is 0 Å². The fraction of sp³-hybridized carbons (Fsp3) is 0.250. The van der Waals surface area contributed by atoms with Crippen molar-refractivity contribution in [1.82, 2.24) is 25.5 Å². The zero-order valence-electron chi connectivity index (χ0n) is 13.3. The maximum Gasteiger partial charge on any atom is 0.271 e. The summed E-state index contributed by atoms with van der Waals surface area (Å²) in [5.74, 6) is 1.08. The lowest BCUT2D eigenvalue weighted by Gasteiger charge is -2.14. The number of aromatic nitrogens is 4. The standard InChI is InChI=1S/C16H17N5O2S/c1-10(2)23-13-6-4-3-5-11(13)7-17-15(22)12-8-24-16(20-12)14-18-9-19-21-14/h3-6,8-10H,7H2,1-2H3,(H,17,22)(H,18,19,21). The van der Waals surface area contributed by atoms with Crippen LogP contribution in [-0.4, -0.2) is 32.2 Å². The summed E-state index contributed by atoms with van der Waals surface area (Å²) in [5.41, 5.74) is 1.28. The van der Waals surface area contributed by atoms with Gasteiger partial charge in [-0.05, 0) is 19.9 Å². The van der Waals surface area contributed by atoms with Gasteiger partial charge < -0.3 is 10.1 Å². The third-order valence-corrected chi connectivity index (χ3v) is 3.98. The van der Waals surface area contributed by atoms with Gasteiger partial charge in [0.2, 0.25) is 0 Å². The van der Waals surface area contributed by atoms with Crippen LogP contribution in [0.2, 0.25) is 0 Å². The van der Waals surface area contributed by atoms with Gasteiger partial charge in [0.05, 0.1) is 6.10 Å². The van der Waals surface area contributed by atoms with E-state index in [0.29, 0.717) is 23.1 Å². The van der Waals surface area contributed by atoms with Crippen molar-refractivity contribution < 1.29 is 9.53 Å². The summed E-state index contributed by atoms with van der Waals surface area (Å²) in [7, 11) is 0. The number of amides is 1. The van der Waals surface area contributed by atoms with Crippen LogP contribution in [0.4, 0.5) is 0 Å². The fourth-order valence-corrected chi connectivity index (χ4v) is 2.82. The number of ether oxygens (including phenoxy) is 1. The molecule has 0 bridgehead atoms. The Morgan fingerprint density at radius 3 is 2.96 bits per heavy atom. The van der Waals surface area contributed by atoms with Gasteiger partial charge in [0.15, 0.2) is 10.8 Å². The van der Waals surface area contributed by atoms with Gasteiger partial charge in [-0.1, -0.05) is 18.2 Å². The van der Waals surface area contributed by atoms with Crippen molar-refractivity contribution in [3.8, 4) is 16.6 Å². The number of nitrogens with one attached hydrogen (secondary N) is 2. The summed E-state index contributed by atoms with van der Waals surface area (Å²) in [6, 6.07) is 7.65. The van der Waals surface area contributed by atoms with E-state index < -0.39 is 0 Å². The Labute approximate surface area is 143 Å². The predicted octanol–water partition coefficient (Wildman–Crippen LogP) is 2.65. The van der Waals surface area contributed by atoms with E-state index in [1.54, 1.807) is 5.38 Å². The van der Waals surface area contributed by atoms with Gasteiger partial charge in [0, 0.05) is 17.5 Å². The van der Waals surface area contributed by atoms with Crippen molar-refractivity contribution in [2.75, 3.05) is 0 Å². The van der Waals surface area contributed by atoms with Gasteiger partial charge in [-0.3, -0.25) is 9.89 Å². The van der Waals surface area contributed by atoms with Crippen molar-refractivity contribution in [2.24, 2.45) is 0 Å². The SMILES string of the molecule is CC(C)Oc1ccccc1CNC(=O)c1csc(-c2ncn[nH]2)n1. The van der Waals surface area contributed by atoms with Crippen LogP contribution in [0.3, 0.4) is 0 Å². The van der Waals surface area contributed by atoms with Crippen molar-refractivity contribution in [2.45, 2.75) is 26.5 Å². The molecule has 0 fully saturated rings.